The Balaban J connectivity index is 1.50. The fraction of sp³-hybridized carbons (Fsp3) is 0.500. The van der Waals surface area contributed by atoms with Crippen molar-refractivity contribution in [2.24, 2.45) is 0 Å². The van der Waals surface area contributed by atoms with Gasteiger partial charge in [-0.3, -0.25) is 0 Å². The van der Waals surface area contributed by atoms with Crippen molar-refractivity contribution >= 4 is 11.4 Å². The highest BCUT2D eigenvalue weighted by molar-refractivity contribution is 5.92. The summed E-state index contributed by atoms with van der Waals surface area (Å²) in [5.41, 5.74) is 6.38. The van der Waals surface area contributed by atoms with Crippen LogP contribution in [0.5, 0.6) is 0 Å². The summed E-state index contributed by atoms with van der Waals surface area (Å²) in [4.78, 5) is 0. The van der Waals surface area contributed by atoms with Gasteiger partial charge in [-0.2, -0.15) is 0 Å². The van der Waals surface area contributed by atoms with Crippen LogP contribution in [0.25, 0.3) is 11.1 Å². The largest absolute Gasteiger partial charge is 0.247 e. The van der Waals surface area contributed by atoms with Crippen molar-refractivity contribution in [1.29, 1.82) is 0 Å². The third-order valence-electron chi connectivity index (χ3n) is 5.52. The van der Waals surface area contributed by atoms with Gasteiger partial charge in [-0.25, -0.2) is 5.32 Å². The van der Waals surface area contributed by atoms with Gasteiger partial charge in [0, 0.05) is 11.1 Å². The zero-order chi connectivity index (χ0) is 17.5. The number of fused-ring (bicyclic) bond motifs is 3. The van der Waals surface area contributed by atoms with E-state index in [1.807, 2.05) is 0 Å². The number of hydrogen-bond acceptors (Lipinski definition) is 0. The summed E-state index contributed by atoms with van der Waals surface area (Å²) >= 11 is 0. The number of hydrogen-bond donors (Lipinski definition) is 0. The van der Waals surface area contributed by atoms with Crippen molar-refractivity contribution < 1.29 is 0 Å². The average molecular weight is 335 g/mol. The van der Waals surface area contributed by atoms with E-state index in [9.17, 15) is 0 Å². The summed E-state index contributed by atoms with van der Waals surface area (Å²) in [7, 11) is 0. The fourth-order valence-electron chi connectivity index (χ4n) is 3.96. The third kappa shape index (κ3) is 4.45. The van der Waals surface area contributed by atoms with Crippen molar-refractivity contribution in [2.45, 2.75) is 77.6 Å². The van der Waals surface area contributed by atoms with Crippen LogP contribution in [0.4, 0.5) is 11.4 Å². The molecule has 25 heavy (non-hydrogen) atoms. The zero-order valence-electron chi connectivity index (χ0n) is 15.9. The highest BCUT2D eigenvalue weighted by Crippen LogP contribution is 2.46. The summed E-state index contributed by atoms with van der Waals surface area (Å²) in [5, 5.41) is 4.92. The molecule has 0 N–H and O–H groups in total. The van der Waals surface area contributed by atoms with Gasteiger partial charge in [0.25, 0.3) is 0 Å². The monoisotopic (exact) mass is 334 g/mol. The van der Waals surface area contributed by atoms with E-state index in [1.54, 1.807) is 0 Å². The molecular formula is C24H32N. The molecule has 1 aliphatic rings. The molecule has 0 fully saturated rings. The molecule has 1 heteroatoms. The van der Waals surface area contributed by atoms with E-state index >= 15 is 0 Å². The van der Waals surface area contributed by atoms with Crippen molar-refractivity contribution in [3.8, 4) is 11.1 Å². The Bertz CT molecular complexity index is 674. The Morgan fingerprint density at radius 2 is 1.44 bits per heavy atom. The molecule has 0 amide bonds. The first-order chi connectivity index (χ1) is 12.3. The highest BCUT2D eigenvalue weighted by atomic mass is 14.9. The lowest BCUT2D eigenvalue weighted by atomic mass is 9.91. The lowest BCUT2D eigenvalue weighted by Crippen LogP contribution is -1.98. The standard InChI is InChI=1S/C24H32N/c1-3-4-5-6-7-8-9-10-14-19(2)20-16-13-17-22-21-15-11-12-18-23(21)25-24(20)22/h11-13,15-19H,3-10,14H2,1-2H3. The topological polar surface area (TPSA) is 14.1 Å². The molecule has 0 aliphatic carbocycles. The van der Waals surface area contributed by atoms with Crippen LogP contribution in [0.3, 0.4) is 0 Å². The first-order valence-corrected chi connectivity index (χ1v) is 10.2. The predicted molar refractivity (Wildman–Crippen MR) is 109 cm³/mol. The van der Waals surface area contributed by atoms with Crippen LogP contribution in [0, 0.1) is 0 Å². The first-order valence-electron chi connectivity index (χ1n) is 10.2. The Labute approximate surface area is 153 Å². The number of rotatable bonds is 10. The normalized spacial score (nSPS) is 13.2. The summed E-state index contributed by atoms with van der Waals surface area (Å²) in [6, 6.07) is 15.2. The van der Waals surface area contributed by atoms with Crippen molar-refractivity contribution in [3.63, 3.8) is 0 Å². The van der Waals surface area contributed by atoms with Crippen molar-refractivity contribution in [1.82, 2.24) is 5.32 Å². The van der Waals surface area contributed by atoms with Crippen LogP contribution in [0.1, 0.15) is 83.1 Å². The van der Waals surface area contributed by atoms with Gasteiger partial charge in [0.15, 0.2) is 0 Å². The molecule has 1 heterocycles. The van der Waals surface area contributed by atoms with Gasteiger partial charge in [-0.15, -0.1) is 0 Å². The average Bonchev–Trinajstić information content (AvgIpc) is 3.02. The predicted octanol–water partition coefficient (Wildman–Crippen LogP) is 7.87. The fourth-order valence-corrected chi connectivity index (χ4v) is 3.96. The quantitative estimate of drug-likeness (QED) is 0.335. The van der Waals surface area contributed by atoms with Crippen LogP contribution in [0.2, 0.25) is 0 Å². The van der Waals surface area contributed by atoms with Gasteiger partial charge in [0.1, 0.15) is 0 Å². The molecule has 3 rings (SSSR count). The summed E-state index contributed by atoms with van der Waals surface area (Å²) in [6.07, 6.45) is 12.4. The van der Waals surface area contributed by atoms with Gasteiger partial charge in [0.05, 0.1) is 11.4 Å². The van der Waals surface area contributed by atoms with Crippen LogP contribution in [0.15, 0.2) is 42.5 Å². The molecule has 1 radical (unpaired) electrons. The molecule has 1 atom stereocenters. The number of unbranched alkanes of at least 4 members (excludes halogenated alkanes) is 7. The van der Waals surface area contributed by atoms with Gasteiger partial charge >= 0.3 is 0 Å². The smallest absolute Gasteiger partial charge is 0.0750 e. The number of benzene rings is 2. The second kappa shape index (κ2) is 9.08. The Hall–Kier alpha value is -1.76. The highest BCUT2D eigenvalue weighted by Gasteiger charge is 2.23. The van der Waals surface area contributed by atoms with Crippen LogP contribution >= 0.6 is 0 Å². The minimum atomic E-state index is 0.591. The maximum Gasteiger partial charge on any atom is 0.0750 e. The minimum absolute atomic E-state index is 0.591. The Morgan fingerprint density at radius 1 is 0.760 bits per heavy atom. The SMILES string of the molecule is CCCCCCCCCCC(C)c1cccc2c1[N]c1ccccc1-2. The molecule has 1 nitrogen and oxygen atoms in total. The van der Waals surface area contributed by atoms with Gasteiger partial charge in [-0.1, -0.05) is 102 Å². The Morgan fingerprint density at radius 3 is 2.24 bits per heavy atom. The molecule has 0 saturated heterocycles. The van der Waals surface area contributed by atoms with E-state index in [0.717, 1.165) is 5.69 Å². The van der Waals surface area contributed by atoms with Gasteiger partial charge < -0.3 is 0 Å². The summed E-state index contributed by atoms with van der Waals surface area (Å²) in [5.74, 6) is 0.591. The summed E-state index contributed by atoms with van der Waals surface area (Å²) < 4.78 is 0. The summed E-state index contributed by atoms with van der Waals surface area (Å²) in [6.45, 7) is 4.65. The van der Waals surface area contributed by atoms with E-state index < -0.39 is 0 Å². The maximum atomic E-state index is 4.92. The molecule has 1 unspecified atom stereocenters. The molecular weight excluding hydrogens is 302 g/mol. The molecule has 1 aliphatic heterocycles. The second-order valence-corrected chi connectivity index (χ2v) is 7.54. The van der Waals surface area contributed by atoms with Crippen molar-refractivity contribution in [2.75, 3.05) is 0 Å². The van der Waals surface area contributed by atoms with E-state index in [4.69, 9.17) is 5.32 Å². The third-order valence-corrected chi connectivity index (χ3v) is 5.52. The molecule has 2 aromatic carbocycles. The Kier molecular flexibility index (Phi) is 6.55. The molecule has 0 aromatic heterocycles. The zero-order valence-corrected chi connectivity index (χ0v) is 15.9. The van der Waals surface area contributed by atoms with Crippen LogP contribution < -0.4 is 5.32 Å². The molecule has 2 aromatic rings. The second-order valence-electron chi connectivity index (χ2n) is 7.54. The minimum Gasteiger partial charge on any atom is -0.247 e. The number of para-hydroxylation sites is 2. The van der Waals surface area contributed by atoms with Crippen LogP contribution in [-0.2, 0) is 0 Å². The van der Waals surface area contributed by atoms with E-state index in [-0.39, 0.29) is 0 Å². The molecule has 133 valence electrons. The van der Waals surface area contributed by atoms with E-state index in [1.165, 1.54) is 80.2 Å². The lowest BCUT2D eigenvalue weighted by molar-refractivity contribution is 0.543. The number of nitrogens with zero attached hydrogens (tertiary/aromatic N) is 1. The van der Waals surface area contributed by atoms with E-state index in [0.29, 0.717) is 5.92 Å². The molecule has 0 spiro atoms. The lowest BCUT2D eigenvalue weighted by Gasteiger charge is -2.15. The van der Waals surface area contributed by atoms with Gasteiger partial charge in [-0.05, 0) is 24.0 Å². The van der Waals surface area contributed by atoms with Crippen LogP contribution in [-0.4, -0.2) is 0 Å². The molecule has 0 saturated carbocycles. The first kappa shape index (κ1) is 18.0. The molecule has 0 bridgehead atoms. The van der Waals surface area contributed by atoms with Crippen molar-refractivity contribution in [3.05, 3.63) is 48.0 Å². The van der Waals surface area contributed by atoms with E-state index in [2.05, 4.69) is 56.3 Å². The van der Waals surface area contributed by atoms with Gasteiger partial charge in [0.2, 0.25) is 0 Å². The maximum absolute atomic E-state index is 4.92.